The van der Waals surface area contributed by atoms with E-state index in [1.165, 1.54) is 0 Å². The standard InChI is InChI=1S/C19H24N2O3/c1-4-24-18(23)19(3)10-7-11-21(19)12-16(22)17-13(2)20-15-9-6-5-8-14(15)17/h5-6,8-9,20H,4,7,10-12H2,1-3H3/t19-/m0/s1. The Morgan fingerprint density at radius 3 is 2.83 bits per heavy atom. The van der Waals surface area contributed by atoms with Gasteiger partial charge in [-0.1, -0.05) is 18.2 Å². The van der Waals surface area contributed by atoms with Gasteiger partial charge in [0.2, 0.25) is 0 Å². The van der Waals surface area contributed by atoms with Crippen molar-refractivity contribution in [1.82, 2.24) is 9.88 Å². The molecule has 5 heteroatoms. The van der Waals surface area contributed by atoms with E-state index >= 15 is 0 Å². The fourth-order valence-electron chi connectivity index (χ4n) is 3.68. The van der Waals surface area contributed by atoms with Gasteiger partial charge in [0.05, 0.1) is 13.2 Å². The minimum atomic E-state index is -0.703. The molecule has 1 aliphatic heterocycles. The van der Waals surface area contributed by atoms with E-state index in [4.69, 9.17) is 4.74 Å². The van der Waals surface area contributed by atoms with Crippen LogP contribution in [0.1, 0.15) is 42.7 Å². The number of H-pyrrole nitrogens is 1. The van der Waals surface area contributed by atoms with Crippen LogP contribution in [0.3, 0.4) is 0 Å². The number of fused-ring (bicyclic) bond motifs is 1. The maximum absolute atomic E-state index is 13.0. The largest absolute Gasteiger partial charge is 0.465 e. The summed E-state index contributed by atoms with van der Waals surface area (Å²) in [5, 5.41) is 0.942. The summed E-state index contributed by atoms with van der Waals surface area (Å²) in [6, 6.07) is 7.81. The molecule has 1 aromatic heterocycles. The van der Waals surface area contributed by atoms with Gasteiger partial charge < -0.3 is 9.72 Å². The number of para-hydroxylation sites is 1. The maximum atomic E-state index is 13.0. The van der Waals surface area contributed by atoms with Crippen molar-refractivity contribution >= 4 is 22.7 Å². The number of hydrogen-bond donors (Lipinski definition) is 1. The van der Waals surface area contributed by atoms with Gasteiger partial charge in [-0.25, -0.2) is 0 Å². The highest BCUT2D eigenvalue weighted by atomic mass is 16.5. The van der Waals surface area contributed by atoms with Gasteiger partial charge in [-0.2, -0.15) is 0 Å². The Balaban J connectivity index is 1.86. The summed E-state index contributed by atoms with van der Waals surface area (Å²) in [6.45, 7) is 6.94. The van der Waals surface area contributed by atoms with Crippen LogP contribution < -0.4 is 0 Å². The summed E-state index contributed by atoms with van der Waals surface area (Å²) in [7, 11) is 0. The Morgan fingerprint density at radius 2 is 2.08 bits per heavy atom. The van der Waals surface area contributed by atoms with Crippen LogP contribution in [0.5, 0.6) is 0 Å². The molecule has 1 fully saturated rings. The third-order valence-electron chi connectivity index (χ3n) is 5.01. The molecule has 0 aliphatic carbocycles. The summed E-state index contributed by atoms with van der Waals surface area (Å²) in [6.07, 6.45) is 1.63. The second-order valence-electron chi connectivity index (χ2n) is 6.61. The van der Waals surface area contributed by atoms with Crippen LogP contribution >= 0.6 is 0 Å². The summed E-state index contributed by atoms with van der Waals surface area (Å²) < 4.78 is 5.23. The molecule has 2 aromatic rings. The number of nitrogens with zero attached hydrogens (tertiary/aromatic N) is 1. The molecule has 0 unspecified atom stereocenters. The topological polar surface area (TPSA) is 62.4 Å². The third-order valence-corrected chi connectivity index (χ3v) is 5.01. The lowest BCUT2D eigenvalue weighted by Crippen LogP contribution is -2.50. The highest BCUT2D eigenvalue weighted by Crippen LogP contribution is 2.31. The van der Waals surface area contributed by atoms with Crippen molar-refractivity contribution in [2.24, 2.45) is 0 Å². The number of ketones is 1. The first-order valence-electron chi connectivity index (χ1n) is 8.50. The molecule has 24 heavy (non-hydrogen) atoms. The number of Topliss-reactive ketones (excluding diaryl/α,β-unsaturated/α-hetero) is 1. The molecule has 0 radical (unpaired) electrons. The Labute approximate surface area is 142 Å². The van der Waals surface area contributed by atoms with Crippen molar-refractivity contribution in [3.05, 3.63) is 35.5 Å². The summed E-state index contributed by atoms with van der Waals surface area (Å²) in [5.74, 6) is -0.187. The fraction of sp³-hybridized carbons (Fsp3) is 0.474. The number of aryl methyl sites for hydroxylation is 1. The van der Waals surface area contributed by atoms with Gasteiger partial charge in [0.15, 0.2) is 5.78 Å². The molecule has 0 spiro atoms. The SMILES string of the molecule is CCOC(=O)[C@]1(C)CCCN1CC(=O)c1c(C)[nH]c2ccccc12. The van der Waals surface area contributed by atoms with Gasteiger partial charge in [0.25, 0.3) is 0 Å². The van der Waals surface area contributed by atoms with Crippen LogP contribution in [0.15, 0.2) is 24.3 Å². The maximum Gasteiger partial charge on any atom is 0.326 e. The zero-order valence-electron chi connectivity index (χ0n) is 14.5. The van der Waals surface area contributed by atoms with Crippen LogP contribution in [-0.4, -0.2) is 46.9 Å². The first-order valence-corrected chi connectivity index (χ1v) is 8.50. The minimum Gasteiger partial charge on any atom is -0.465 e. The molecule has 1 aliphatic rings. The molecule has 0 amide bonds. The van der Waals surface area contributed by atoms with Crippen molar-refractivity contribution in [3.8, 4) is 0 Å². The Kier molecular flexibility index (Phi) is 4.45. The molecule has 1 N–H and O–H groups in total. The van der Waals surface area contributed by atoms with E-state index in [2.05, 4.69) is 4.98 Å². The number of carbonyl (C=O) groups is 2. The second-order valence-corrected chi connectivity index (χ2v) is 6.61. The number of ether oxygens (including phenoxy) is 1. The van der Waals surface area contributed by atoms with Gasteiger partial charge in [0, 0.05) is 22.2 Å². The number of esters is 1. The monoisotopic (exact) mass is 328 g/mol. The third kappa shape index (κ3) is 2.73. The number of nitrogens with one attached hydrogen (secondary N) is 1. The zero-order chi connectivity index (χ0) is 17.3. The number of rotatable bonds is 5. The highest BCUT2D eigenvalue weighted by Gasteiger charge is 2.45. The predicted molar refractivity (Wildman–Crippen MR) is 93.2 cm³/mol. The fourth-order valence-corrected chi connectivity index (χ4v) is 3.68. The number of likely N-dealkylation sites (tertiary alicyclic amines) is 1. The number of carbonyl (C=O) groups excluding carboxylic acids is 2. The average molecular weight is 328 g/mol. The molecule has 3 rings (SSSR count). The first kappa shape index (κ1) is 16.7. The van der Waals surface area contributed by atoms with Crippen LogP contribution in [0, 0.1) is 6.92 Å². The molecule has 2 heterocycles. The van der Waals surface area contributed by atoms with E-state index < -0.39 is 5.54 Å². The van der Waals surface area contributed by atoms with Gasteiger partial charge in [-0.15, -0.1) is 0 Å². The van der Waals surface area contributed by atoms with E-state index in [0.29, 0.717) is 6.61 Å². The van der Waals surface area contributed by atoms with E-state index in [1.807, 2.05) is 43.0 Å². The Bertz CT molecular complexity index is 780. The van der Waals surface area contributed by atoms with Crippen molar-refractivity contribution in [2.45, 2.75) is 39.2 Å². The summed E-state index contributed by atoms with van der Waals surface area (Å²) >= 11 is 0. The highest BCUT2D eigenvalue weighted by molar-refractivity contribution is 6.10. The predicted octanol–water partition coefficient (Wildman–Crippen LogP) is 3.08. The molecule has 5 nitrogen and oxygen atoms in total. The van der Waals surface area contributed by atoms with E-state index in [0.717, 1.165) is 41.5 Å². The van der Waals surface area contributed by atoms with Crippen molar-refractivity contribution < 1.29 is 14.3 Å². The second kappa shape index (κ2) is 6.40. The Morgan fingerprint density at radius 1 is 1.33 bits per heavy atom. The molecular weight excluding hydrogens is 304 g/mol. The summed E-state index contributed by atoms with van der Waals surface area (Å²) in [5.41, 5.74) is 1.86. The lowest BCUT2D eigenvalue weighted by atomic mass is 9.98. The number of benzene rings is 1. The van der Waals surface area contributed by atoms with E-state index in [-0.39, 0.29) is 18.3 Å². The van der Waals surface area contributed by atoms with Gasteiger partial charge in [0.1, 0.15) is 5.54 Å². The zero-order valence-corrected chi connectivity index (χ0v) is 14.5. The molecule has 1 atom stereocenters. The van der Waals surface area contributed by atoms with Gasteiger partial charge in [-0.3, -0.25) is 14.5 Å². The average Bonchev–Trinajstić information content (AvgIpc) is 3.08. The molecule has 0 saturated carbocycles. The molecule has 128 valence electrons. The van der Waals surface area contributed by atoms with E-state index in [9.17, 15) is 9.59 Å². The number of hydrogen-bond acceptors (Lipinski definition) is 4. The van der Waals surface area contributed by atoms with Crippen molar-refractivity contribution in [3.63, 3.8) is 0 Å². The summed E-state index contributed by atoms with van der Waals surface area (Å²) in [4.78, 5) is 30.5. The lowest BCUT2D eigenvalue weighted by Gasteiger charge is -2.32. The van der Waals surface area contributed by atoms with Crippen molar-refractivity contribution in [1.29, 1.82) is 0 Å². The number of aromatic nitrogens is 1. The molecule has 0 bridgehead atoms. The van der Waals surface area contributed by atoms with Crippen LogP contribution in [0.4, 0.5) is 0 Å². The lowest BCUT2D eigenvalue weighted by molar-refractivity contribution is -0.154. The van der Waals surface area contributed by atoms with Crippen molar-refractivity contribution in [2.75, 3.05) is 19.7 Å². The molecule has 1 saturated heterocycles. The van der Waals surface area contributed by atoms with Crippen LogP contribution in [0.25, 0.3) is 10.9 Å². The van der Waals surface area contributed by atoms with Gasteiger partial charge >= 0.3 is 5.97 Å². The Hall–Kier alpha value is -2.14. The smallest absolute Gasteiger partial charge is 0.326 e. The normalized spacial score (nSPS) is 21.3. The van der Waals surface area contributed by atoms with Crippen LogP contribution in [-0.2, 0) is 9.53 Å². The van der Waals surface area contributed by atoms with E-state index in [1.54, 1.807) is 6.92 Å². The molecular formula is C19H24N2O3. The first-order chi connectivity index (χ1) is 11.5. The van der Waals surface area contributed by atoms with Crippen LogP contribution in [0.2, 0.25) is 0 Å². The van der Waals surface area contributed by atoms with Gasteiger partial charge in [-0.05, 0) is 46.2 Å². The minimum absolute atomic E-state index is 0.0439. The number of aromatic amines is 1. The molecule has 1 aromatic carbocycles. The quantitative estimate of drug-likeness (QED) is 0.677.